The van der Waals surface area contributed by atoms with Crippen LogP contribution in [0.15, 0.2) is 42.5 Å². The largest absolute Gasteiger partial charge is 0.497 e. The molecule has 0 saturated heterocycles. The van der Waals surface area contributed by atoms with Crippen LogP contribution in [0.5, 0.6) is 11.5 Å². The Morgan fingerprint density at radius 3 is 2.25 bits per heavy atom. The maximum absolute atomic E-state index is 12.3. The number of urea groups is 1. The smallest absolute Gasteiger partial charge is 0.319 e. The molecule has 148 valence electrons. The van der Waals surface area contributed by atoms with Crippen molar-refractivity contribution in [2.75, 3.05) is 24.9 Å². The Kier molecular flexibility index (Phi) is 6.37. The van der Waals surface area contributed by atoms with E-state index in [1.807, 2.05) is 18.2 Å². The van der Waals surface area contributed by atoms with Crippen LogP contribution < -0.4 is 25.4 Å². The minimum Gasteiger partial charge on any atom is -0.497 e. The van der Waals surface area contributed by atoms with Crippen molar-refractivity contribution in [3.63, 3.8) is 0 Å². The third-order valence-corrected chi connectivity index (χ3v) is 4.45. The number of benzene rings is 2. The third kappa shape index (κ3) is 5.64. The van der Waals surface area contributed by atoms with Gasteiger partial charge >= 0.3 is 6.03 Å². The maximum Gasteiger partial charge on any atom is 0.319 e. The molecule has 3 N–H and O–H groups in total. The van der Waals surface area contributed by atoms with Gasteiger partial charge in [-0.05, 0) is 67.3 Å². The first kappa shape index (κ1) is 19.5. The topological polar surface area (TPSA) is 88.7 Å². The summed E-state index contributed by atoms with van der Waals surface area (Å²) in [5.74, 6) is 1.36. The van der Waals surface area contributed by atoms with Crippen LogP contribution in [0.1, 0.15) is 24.8 Å². The van der Waals surface area contributed by atoms with Gasteiger partial charge in [0.25, 0.3) is 0 Å². The van der Waals surface area contributed by atoms with Gasteiger partial charge in [-0.3, -0.25) is 4.79 Å². The number of hydrogen-bond donors (Lipinski definition) is 3. The molecule has 0 bridgehead atoms. The number of anilines is 2. The molecule has 3 amide bonds. The van der Waals surface area contributed by atoms with Gasteiger partial charge in [0, 0.05) is 23.8 Å². The number of amides is 3. The van der Waals surface area contributed by atoms with Crippen molar-refractivity contribution in [3.05, 3.63) is 48.0 Å². The normalized spacial score (nSPS) is 12.8. The number of aryl methyl sites for hydroxylation is 1. The SMILES string of the molecule is COc1ccc(OC)c(CCC(=O)Nc2ccc(NC(=O)NC3CC3)cc2)c1. The van der Waals surface area contributed by atoms with Gasteiger partial charge in [-0.25, -0.2) is 4.79 Å². The molecule has 0 aromatic heterocycles. The predicted molar refractivity (Wildman–Crippen MR) is 108 cm³/mol. The lowest BCUT2D eigenvalue weighted by molar-refractivity contribution is -0.116. The standard InChI is InChI=1S/C21H25N3O4/c1-27-18-10-11-19(28-2)14(13-18)3-12-20(25)22-15-4-6-16(7-5-15)23-21(26)24-17-8-9-17/h4-7,10-11,13,17H,3,8-9,12H2,1-2H3,(H,22,25)(H2,23,24,26). The van der Waals surface area contributed by atoms with Crippen molar-refractivity contribution < 1.29 is 19.1 Å². The molecule has 0 spiro atoms. The summed E-state index contributed by atoms with van der Waals surface area (Å²) in [6.07, 6.45) is 2.93. The molecule has 2 aromatic carbocycles. The number of carbonyl (C=O) groups is 2. The summed E-state index contributed by atoms with van der Waals surface area (Å²) >= 11 is 0. The summed E-state index contributed by atoms with van der Waals surface area (Å²) in [6, 6.07) is 12.7. The van der Waals surface area contributed by atoms with Crippen molar-refractivity contribution >= 4 is 23.3 Å². The molecule has 7 heteroatoms. The Hall–Kier alpha value is -3.22. The molecule has 1 aliphatic rings. The fraction of sp³-hybridized carbons (Fsp3) is 0.333. The van der Waals surface area contributed by atoms with Gasteiger partial charge in [0.15, 0.2) is 0 Å². The average molecular weight is 383 g/mol. The van der Waals surface area contributed by atoms with Gasteiger partial charge in [0.05, 0.1) is 14.2 Å². The first-order valence-electron chi connectivity index (χ1n) is 9.25. The molecule has 28 heavy (non-hydrogen) atoms. The van der Waals surface area contributed by atoms with Crippen LogP contribution in [0, 0.1) is 0 Å². The highest BCUT2D eigenvalue weighted by molar-refractivity contribution is 5.92. The molecule has 0 atom stereocenters. The molecular weight excluding hydrogens is 358 g/mol. The van der Waals surface area contributed by atoms with Gasteiger partial charge in [0.2, 0.25) is 5.91 Å². The molecule has 0 aliphatic heterocycles. The van der Waals surface area contributed by atoms with Crippen LogP contribution in [-0.4, -0.2) is 32.2 Å². The van der Waals surface area contributed by atoms with E-state index in [9.17, 15) is 9.59 Å². The van der Waals surface area contributed by atoms with E-state index in [2.05, 4.69) is 16.0 Å². The Morgan fingerprint density at radius 1 is 0.964 bits per heavy atom. The Morgan fingerprint density at radius 2 is 1.64 bits per heavy atom. The van der Waals surface area contributed by atoms with E-state index in [4.69, 9.17) is 9.47 Å². The molecule has 3 rings (SSSR count). The molecule has 0 heterocycles. The number of carbonyl (C=O) groups excluding carboxylic acids is 2. The minimum absolute atomic E-state index is 0.0999. The highest BCUT2D eigenvalue weighted by atomic mass is 16.5. The van der Waals surface area contributed by atoms with E-state index in [1.54, 1.807) is 38.5 Å². The van der Waals surface area contributed by atoms with Gasteiger partial charge in [0.1, 0.15) is 11.5 Å². The number of ether oxygens (including phenoxy) is 2. The second-order valence-electron chi connectivity index (χ2n) is 6.68. The van der Waals surface area contributed by atoms with Crippen molar-refractivity contribution in [3.8, 4) is 11.5 Å². The Balaban J connectivity index is 1.50. The van der Waals surface area contributed by atoms with E-state index < -0.39 is 0 Å². The summed E-state index contributed by atoms with van der Waals surface area (Å²) < 4.78 is 10.6. The molecule has 1 aliphatic carbocycles. The molecule has 0 radical (unpaired) electrons. The number of hydrogen-bond acceptors (Lipinski definition) is 4. The van der Waals surface area contributed by atoms with Crippen LogP contribution in [0.3, 0.4) is 0 Å². The molecule has 2 aromatic rings. The summed E-state index contributed by atoms with van der Waals surface area (Å²) in [7, 11) is 3.21. The molecule has 1 saturated carbocycles. The molecule has 1 fully saturated rings. The lowest BCUT2D eigenvalue weighted by Gasteiger charge is -2.11. The number of nitrogens with one attached hydrogen (secondary N) is 3. The first-order valence-corrected chi connectivity index (χ1v) is 9.25. The second-order valence-corrected chi connectivity index (χ2v) is 6.68. The lowest BCUT2D eigenvalue weighted by Crippen LogP contribution is -2.30. The zero-order chi connectivity index (χ0) is 19.9. The van der Waals surface area contributed by atoms with Gasteiger partial charge in [-0.15, -0.1) is 0 Å². The van der Waals surface area contributed by atoms with E-state index in [0.29, 0.717) is 30.3 Å². The summed E-state index contributed by atoms with van der Waals surface area (Å²) in [5.41, 5.74) is 2.27. The average Bonchev–Trinajstić information content (AvgIpc) is 3.51. The Bertz CT molecular complexity index is 832. The fourth-order valence-electron chi connectivity index (χ4n) is 2.77. The van der Waals surface area contributed by atoms with E-state index in [1.165, 1.54) is 0 Å². The predicted octanol–water partition coefficient (Wildman–Crippen LogP) is 3.56. The summed E-state index contributed by atoms with van der Waals surface area (Å²) in [6.45, 7) is 0. The first-order chi connectivity index (χ1) is 13.6. The monoisotopic (exact) mass is 383 g/mol. The zero-order valence-electron chi connectivity index (χ0n) is 16.1. The van der Waals surface area contributed by atoms with Gasteiger partial charge in [-0.1, -0.05) is 0 Å². The maximum atomic E-state index is 12.3. The highest BCUT2D eigenvalue weighted by Gasteiger charge is 2.23. The summed E-state index contributed by atoms with van der Waals surface area (Å²) in [4.78, 5) is 24.0. The van der Waals surface area contributed by atoms with Crippen LogP contribution in [0.2, 0.25) is 0 Å². The quantitative estimate of drug-likeness (QED) is 0.650. The second kappa shape index (κ2) is 9.12. The van der Waals surface area contributed by atoms with Crippen molar-refractivity contribution in [1.82, 2.24) is 5.32 Å². The van der Waals surface area contributed by atoms with Crippen molar-refractivity contribution in [2.24, 2.45) is 0 Å². The van der Waals surface area contributed by atoms with Crippen LogP contribution in [0.25, 0.3) is 0 Å². The highest BCUT2D eigenvalue weighted by Crippen LogP contribution is 2.25. The zero-order valence-corrected chi connectivity index (χ0v) is 16.1. The van der Waals surface area contributed by atoms with E-state index in [0.717, 1.165) is 29.9 Å². The Labute approximate surface area is 164 Å². The molecule has 7 nitrogen and oxygen atoms in total. The van der Waals surface area contributed by atoms with E-state index >= 15 is 0 Å². The van der Waals surface area contributed by atoms with Crippen LogP contribution in [-0.2, 0) is 11.2 Å². The van der Waals surface area contributed by atoms with Crippen LogP contribution >= 0.6 is 0 Å². The number of rotatable bonds is 8. The van der Waals surface area contributed by atoms with Crippen molar-refractivity contribution in [1.29, 1.82) is 0 Å². The number of methoxy groups -OCH3 is 2. The van der Waals surface area contributed by atoms with Gasteiger partial charge < -0.3 is 25.4 Å². The molecule has 0 unspecified atom stereocenters. The molecular formula is C21H25N3O4. The third-order valence-electron chi connectivity index (χ3n) is 4.45. The van der Waals surface area contributed by atoms with E-state index in [-0.39, 0.29) is 11.9 Å². The van der Waals surface area contributed by atoms with Crippen molar-refractivity contribution in [2.45, 2.75) is 31.7 Å². The lowest BCUT2D eigenvalue weighted by atomic mass is 10.1. The van der Waals surface area contributed by atoms with Crippen LogP contribution in [0.4, 0.5) is 16.2 Å². The fourth-order valence-corrected chi connectivity index (χ4v) is 2.77. The minimum atomic E-state index is -0.202. The van der Waals surface area contributed by atoms with Gasteiger partial charge in [-0.2, -0.15) is 0 Å². The summed E-state index contributed by atoms with van der Waals surface area (Å²) in [5, 5.41) is 8.50.